The largest absolute Gasteiger partial charge is 0.479 e. The number of aliphatic carboxylic acids is 1. The van der Waals surface area contributed by atoms with Crippen molar-refractivity contribution in [2.24, 2.45) is 0 Å². The van der Waals surface area contributed by atoms with Crippen LogP contribution in [0.25, 0.3) is 0 Å². The van der Waals surface area contributed by atoms with E-state index in [2.05, 4.69) is 130 Å². The SMILES string of the molecule is CC/C=C\C/C=C\C/C=C\C/C=C\C/C=C\C/C=C\CCC(=O)OCC(COC1OC(C(=O)O)C(O)C(O)C1OC(=O)CCCCCCCCCCCCCCCCCCCCC)OC(=O)CCCCCC/C=C\C/C=C\C/C=C\C/C=C\CC. The minimum atomic E-state index is -1.92. The molecule has 0 aromatic carbocycles. The summed E-state index contributed by atoms with van der Waals surface area (Å²) in [6.07, 6.45) is 70.3. The second-order valence-corrected chi connectivity index (χ2v) is 22.3. The van der Waals surface area contributed by atoms with E-state index in [1.807, 2.05) is 12.2 Å². The highest BCUT2D eigenvalue weighted by molar-refractivity contribution is 5.74. The van der Waals surface area contributed by atoms with E-state index in [0.717, 1.165) is 116 Å². The van der Waals surface area contributed by atoms with Gasteiger partial charge in [0.2, 0.25) is 0 Å². The Kier molecular flexibility index (Phi) is 54.6. The Hall–Kier alpha value is -4.88. The fourth-order valence-corrected chi connectivity index (χ4v) is 9.50. The van der Waals surface area contributed by atoms with Gasteiger partial charge in [0, 0.05) is 19.3 Å². The molecule has 0 aromatic heterocycles. The van der Waals surface area contributed by atoms with Gasteiger partial charge in [-0.2, -0.15) is 0 Å². The van der Waals surface area contributed by atoms with E-state index >= 15 is 0 Å². The number of aliphatic hydroxyl groups excluding tert-OH is 2. The van der Waals surface area contributed by atoms with Crippen LogP contribution in [-0.2, 0) is 42.9 Å². The van der Waals surface area contributed by atoms with Crippen LogP contribution in [0.1, 0.15) is 265 Å². The first-order chi connectivity index (χ1) is 41.6. The molecule has 12 nitrogen and oxygen atoms in total. The molecule has 0 aliphatic carbocycles. The quantitative estimate of drug-likeness (QED) is 0.0228. The van der Waals surface area contributed by atoms with Gasteiger partial charge in [0.15, 0.2) is 24.6 Å². The predicted octanol–water partition coefficient (Wildman–Crippen LogP) is 18.3. The molecule has 0 amide bonds. The summed E-state index contributed by atoms with van der Waals surface area (Å²) in [6.45, 7) is 5.71. The van der Waals surface area contributed by atoms with Crippen LogP contribution >= 0.6 is 0 Å². The molecule has 1 saturated heterocycles. The first-order valence-corrected chi connectivity index (χ1v) is 33.5. The van der Waals surface area contributed by atoms with Gasteiger partial charge in [-0.15, -0.1) is 0 Å². The minimum absolute atomic E-state index is 0.0481. The van der Waals surface area contributed by atoms with Gasteiger partial charge in [0.05, 0.1) is 6.61 Å². The van der Waals surface area contributed by atoms with Crippen molar-refractivity contribution in [3.05, 3.63) is 122 Å². The average molecular weight is 1190 g/mol. The Morgan fingerprint density at radius 2 is 0.765 bits per heavy atom. The molecule has 3 N–H and O–H groups in total. The summed E-state index contributed by atoms with van der Waals surface area (Å²) >= 11 is 0. The highest BCUT2D eigenvalue weighted by Gasteiger charge is 2.50. The van der Waals surface area contributed by atoms with Gasteiger partial charge in [0.1, 0.15) is 18.8 Å². The van der Waals surface area contributed by atoms with Crippen LogP contribution in [-0.4, -0.2) is 89.2 Å². The molecular formula is C73H118O12. The Morgan fingerprint density at radius 1 is 0.400 bits per heavy atom. The molecule has 85 heavy (non-hydrogen) atoms. The lowest BCUT2D eigenvalue weighted by atomic mass is 9.98. The smallest absolute Gasteiger partial charge is 0.335 e. The van der Waals surface area contributed by atoms with E-state index < -0.39 is 67.3 Å². The van der Waals surface area contributed by atoms with Crippen LogP contribution in [0.3, 0.4) is 0 Å². The molecule has 1 heterocycles. The van der Waals surface area contributed by atoms with Crippen LogP contribution in [0.2, 0.25) is 0 Å². The van der Waals surface area contributed by atoms with Crippen molar-refractivity contribution in [3.8, 4) is 0 Å². The van der Waals surface area contributed by atoms with Crippen LogP contribution in [0, 0.1) is 0 Å². The standard InChI is InChI=1S/C73H118O12/c1-4-7-10-13-16-19-22-25-28-31-33-36-38-41-44-47-50-53-56-59-65(74)81-62-64(83-66(75)60-57-54-51-48-45-42-39-35-30-27-24-21-18-15-12-9-6-3)63-82-73-71(69(78)68(77)70(85-73)72(79)80)84-67(76)61-58-55-52-49-46-43-40-37-34-32-29-26-23-20-17-14-11-8-5-2/h7,9-10,12,16,18-19,21,25,27-28,30,33,36,39,41-42,44,50,53,64,68-71,73,77-78H,4-6,8,11,13-15,17,20,22-24,26,29,31-32,34-35,37-38,40,43,45-49,51-52,54-63H2,1-3H3,(H,79,80)/b10-7-,12-9-,19-16-,21-18-,28-25-,30-27-,36-33-,42-39-,44-41-,53-50-. The first kappa shape index (κ1) is 78.1. The topological polar surface area (TPSA) is 175 Å². The Bertz CT molecular complexity index is 1940. The normalized spacial score (nSPS) is 18.2. The molecule has 12 heteroatoms. The second kappa shape index (κ2) is 59.5. The summed E-state index contributed by atoms with van der Waals surface area (Å²) in [7, 11) is 0. The van der Waals surface area contributed by atoms with Crippen molar-refractivity contribution in [1.82, 2.24) is 0 Å². The number of hydrogen-bond acceptors (Lipinski definition) is 11. The van der Waals surface area contributed by atoms with Gasteiger partial charge in [0.25, 0.3) is 0 Å². The van der Waals surface area contributed by atoms with Crippen molar-refractivity contribution >= 4 is 23.9 Å². The van der Waals surface area contributed by atoms with Gasteiger partial charge in [-0.1, -0.05) is 271 Å². The maximum absolute atomic E-state index is 13.2. The summed E-state index contributed by atoms with van der Waals surface area (Å²) in [6, 6.07) is 0. The van der Waals surface area contributed by atoms with E-state index in [1.165, 1.54) is 89.9 Å². The van der Waals surface area contributed by atoms with E-state index in [4.69, 9.17) is 23.7 Å². The Labute approximate surface area is 516 Å². The zero-order valence-electron chi connectivity index (χ0n) is 53.3. The van der Waals surface area contributed by atoms with Gasteiger partial charge in [-0.25, -0.2) is 4.79 Å². The number of carboxylic acid groups (broad SMARTS) is 1. The van der Waals surface area contributed by atoms with Gasteiger partial charge < -0.3 is 39.0 Å². The summed E-state index contributed by atoms with van der Waals surface area (Å²) < 4.78 is 28.5. The maximum atomic E-state index is 13.2. The lowest BCUT2D eigenvalue weighted by Crippen LogP contribution is -2.61. The number of unbranched alkanes of at least 4 members (excludes halogenated alkanes) is 22. The fraction of sp³-hybridized carbons (Fsp3) is 0.671. The highest BCUT2D eigenvalue weighted by atomic mass is 16.7. The van der Waals surface area contributed by atoms with Crippen LogP contribution in [0.5, 0.6) is 0 Å². The molecule has 0 bridgehead atoms. The lowest BCUT2D eigenvalue weighted by molar-refractivity contribution is -0.301. The summed E-state index contributed by atoms with van der Waals surface area (Å²) in [5, 5.41) is 31.6. The average Bonchev–Trinajstić information content (AvgIpc) is 3.51. The molecule has 1 aliphatic rings. The van der Waals surface area contributed by atoms with E-state index in [9.17, 15) is 34.5 Å². The molecule has 1 aliphatic heterocycles. The number of allylic oxidation sites excluding steroid dienone is 20. The molecule has 1 fully saturated rings. The Morgan fingerprint density at radius 3 is 1.18 bits per heavy atom. The molecule has 0 aromatic rings. The van der Waals surface area contributed by atoms with Gasteiger partial charge in [-0.3, -0.25) is 14.4 Å². The van der Waals surface area contributed by atoms with Crippen molar-refractivity contribution in [2.75, 3.05) is 13.2 Å². The van der Waals surface area contributed by atoms with E-state index in [1.54, 1.807) is 0 Å². The number of esters is 3. The van der Waals surface area contributed by atoms with Gasteiger partial charge >= 0.3 is 23.9 Å². The second-order valence-electron chi connectivity index (χ2n) is 22.3. The molecule has 0 saturated carbocycles. The van der Waals surface area contributed by atoms with Crippen molar-refractivity contribution < 1.29 is 58.2 Å². The number of aliphatic hydroxyl groups is 2. The zero-order chi connectivity index (χ0) is 61.7. The molecule has 6 atom stereocenters. The van der Waals surface area contributed by atoms with Crippen molar-refractivity contribution in [2.45, 2.75) is 302 Å². The molecule has 6 unspecified atom stereocenters. The predicted molar refractivity (Wildman–Crippen MR) is 349 cm³/mol. The minimum Gasteiger partial charge on any atom is -0.479 e. The number of carboxylic acids is 1. The van der Waals surface area contributed by atoms with Crippen LogP contribution in [0.4, 0.5) is 0 Å². The van der Waals surface area contributed by atoms with E-state index in [0.29, 0.717) is 19.3 Å². The third-order valence-corrected chi connectivity index (χ3v) is 14.5. The maximum Gasteiger partial charge on any atom is 0.335 e. The molecule has 482 valence electrons. The van der Waals surface area contributed by atoms with Crippen LogP contribution in [0.15, 0.2) is 122 Å². The molecule has 0 spiro atoms. The Balaban J connectivity index is 2.71. The van der Waals surface area contributed by atoms with Crippen LogP contribution < -0.4 is 0 Å². The molecular weight excluding hydrogens is 1070 g/mol. The highest BCUT2D eigenvalue weighted by Crippen LogP contribution is 2.27. The molecule has 1 rings (SSSR count). The fourth-order valence-electron chi connectivity index (χ4n) is 9.50. The zero-order valence-corrected chi connectivity index (χ0v) is 53.3. The number of hydrogen-bond donors (Lipinski definition) is 3. The third-order valence-electron chi connectivity index (χ3n) is 14.5. The summed E-state index contributed by atoms with van der Waals surface area (Å²) in [5.41, 5.74) is 0. The molecule has 0 radical (unpaired) electrons. The lowest BCUT2D eigenvalue weighted by Gasteiger charge is -2.40. The van der Waals surface area contributed by atoms with Gasteiger partial charge in [-0.05, 0) is 96.3 Å². The van der Waals surface area contributed by atoms with Crippen molar-refractivity contribution in [1.29, 1.82) is 0 Å². The number of carbonyl (C=O) groups is 4. The number of ether oxygens (including phenoxy) is 5. The van der Waals surface area contributed by atoms with Crippen molar-refractivity contribution in [3.63, 3.8) is 0 Å². The first-order valence-electron chi connectivity index (χ1n) is 33.5. The number of carbonyl (C=O) groups excluding carboxylic acids is 3. The monoisotopic (exact) mass is 1190 g/mol. The third kappa shape index (κ3) is 48.9. The summed E-state index contributed by atoms with van der Waals surface area (Å²) in [5.74, 6) is -3.26. The summed E-state index contributed by atoms with van der Waals surface area (Å²) in [4.78, 5) is 51.4. The van der Waals surface area contributed by atoms with E-state index in [-0.39, 0.29) is 25.9 Å². The number of rotatable bonds is 56.